The van der Waals surface area contributed by atoms with Crippen molar-refractivity contribution in [3.63, 3.8) is 0 Å². The van der Waals surface area contributed by atoms with E-state index in [-0.39, 0.29) is 29.5 Å². The standard InChI is InChI=1S/C17H31N5O2.HI/c1-5-14-11-15(24-21-14)12-19-16(18-6-2)20-13-17(3,4)22-7-9-23-10-8-22;/h11H,5-10,12-13H2,1-4H3,(H2,18,19,20);1H. The predicted molar refractivity (Wildman–Crippen MR) is 111 cm³/mol. The van der Waals surface area contributed by atoms with Crippen LogP contribution in [0.5, 0.6) is 0 Å². The average molecular weight is 465 g/mol. The number of hydrogen-bond acceptors (Lipinski definition) is 5. The van der Waals surface area contributed by atoms with E-state index in [0.29, 0.717) is 6.54 Å². The minimum absolute atomic E-state index is 0. The Labute approximate surface area is 168 Å². The molecule has 1 fully saturated rings. The third kappa shape index (κ3) is 7.10. The number of aryl methyl sites for hydroxylation is 1. The van der Waals surface area contributed by atoms with Crippen LogP contribution in [0.15, 0.2) is 15.6 Å². The van der Waals surface area contributed by atoms with Gasteiger partial charge in [-0.05, 0) is 27.2 Å². The molecule has 0 amide bonds. The van der Waals surface area contributed by atoms with Crippen LogP contribution in [0.1, 0.15) is 39.1 Å². The van der Waals surface area contributed by atoms with E-state index in [4.69, 9.17) is 9.26 Å². The minimum Gasteiger partial charge on any atom is -0.379 e. The van der Waals surface area contributed by atoms with Crippen molar-refractivity contribution in [3.05, 3.63) is 17.5 Å². The van der Waals surface area contributed by atoms with E-state index in [1.165, 1.54) is 0 Å². The van der Waals surface area contributed by atoms with Crippen LogP contribution >= 0.6 is 24.0 Å². The minimum atomic E-state index is 0. The van der Waals surface area contributed by atoms with Crippen LogP contribution in [0.2, 0.25) is 0 Å². The first kappa shape index (κ1) is 22.2. The maximum absolute atomic E-state index is 5.44. The van der Waals surface area contributed by atoms with Gasteiger partial charge >= 0.3 is 0 Å². The van der Waals surface area contributed by atoms with Gasteiger partial charge in [0.05, 0.1) is 18.9 Å². The van der Waals surface area contributed by atoms with Gasteiger partial charge in [-0.3, -0.25) is 4.90 Å². The third-order valence-corrected chi connectivity index (χ3v) is 4.26. The first-order valence-electron chi connectivity index (χ1n) is 8.84. The summed E-state index contributed by atoms with van der Waals surface area (Å²) in [6, 6.07) is 1.96. The van der Waals surface area contributed by atoms with Gasteiger partial charge in [-0.15, -0.1) is 24.0 Å². The number of morpholine rings is 1. The lowest BCUT2D eigenvalue weighted by atomic mass is 10.0. The van der Waals surface area contributed by atoms with E-state index in [1.807, 2.05) is 6.07 Å². The number of nitrogens with zero attached hydrogens (tertiary/aromatic N) is 3. The largest absolute Gasteiger partial charge is 0.379 e. The fraction of sp³-hybridized carbons (Fsp3) is 0.765. The lowest BCUT2D eigenvalue weighted by Gasteiger charge is -2.41. The van der Waals surface area contributed by atoms with Crippen LogP contribution in [-0.4, -0.2) is 60.9 Å². The Bertz CT molecular complexity index is 527. The second-order valence-corrected chi connectivity index (χ2v) is 6.60. The number of ether oxygens (including phenoxy) is 1. The Morgan fingerprint density at radius 3 is 2.60 bits per heavy atom. The molecular formula is C17H32IN5O2. The quantitative estimate of drug-likeness (QED) is 0.365. The van der Waals surface area contributed by atoms with Gasteiger partial charge in [-0.25, -0.2) is 4.99 Å². The molecule has 0 saturated carbocycles. The van der Waals surface area contributed by atoms with Crippen LogP contribution in [0.25, 0.3) is 0 Å². The Balaban J connectivity index is 0.00000312. The Kier molecular flexibility index (Phi) is 9.73. The van der Waals surface area contributed by atoms with Crippen LogP contribution in [0.3, 0.4) is 0 Å². The fourth-order valence-corrected chi connectivity index (χ4v) is 2.68. The molecule has 0 aliphatic carbocycles. The zero-order chi connectivity index (χ0) is 17.4. The summed E-state index contributed by atoms with van der Waals surface area (Å²) in [5, 5.41) is 10.7. The molecule has 1 aliphatic rings. The van der Waals surface area contributed by atoms with Crippen molar-refractivity contribution in [1.82, 2.24) is 20.7 Å². The summed E-state index contributed by atoms with van der Waals surface area (Å²) in [7, 11) is 0. The van der Waals surface area contributed by atoms with E-state index in [1.54, 1.807) is 0 Å². The van der Waals surface area contributed by atoms with E-state index >= 15 is 0 Å². The zero-order valence-corrected chi connectivity index (χ0v) is 18.1. The molecule has 2 N–H and O–H groups in total. The summed E-state index contributed by atoms with van der Waals surface area (Å²) < 4.78 is 10.7. The Hall–Kier alpha value is -0.870. The molecule has 1 saturated heterocycles. The van der Waals surface area contributed by atoms with Gasteiger partial charge < -0.3 is 19.9 Å². The van der Waals surface area contributed by atoms with Crippen molar-refractivity contribution >= 4 is 29.9 Å². The first-order valence-corrected chi connectivity index (χ1v) is 8.84. The summed E-state index contributed by atoms with van der Waals surface area (Å²) in [6.07, 6.45) is 0.874. The van der Waals surface area contributed by atoms with Crippen molar-refractivity contribution in [1.29, 1.82) is 0 Å². The normalized spacial score (nSPS) is 16.4. The second-order valence-electron chi connectivity index (χ2n) is 6.60. The van der Waals surface area contributed by atoms with Gasteiger partial charge in [0.2, 0.25) is 0 Å². The molecule has 1 aromatic heterocycles. The molecule has 2 heterocycles. The van der Waals surface area contributed by atoms with Crippen LogP contribution in [0.4, 0.5) is 0 Å². The number of hydrogen-bond donors (Lipinski definition) is 2. The SMILES string of the molecule is CCNC(=NCc1cc(CC)no1)NCC(C)(C)N1CCOCC1.I. The number of nitrogens with one attached hydrogen (secondary N) is 2. The number of guanidine groups is 1. The molecular weight excluding hydrogens is 433 g/mol. The van der Waals surface area contributed by atoms with Gasteiger partial charge in [-0.2, -0.15) is 0 Å². The van der Waals surface area contributed by atoms with E-state index in [9.17, 15) is 0 Å². The van der Waals surface area contributed by atoms with Gasteiger partial charge in [-0.1, -0.05) is 12.1 Å². The molecule has 0 spiro atoms. The van der Waals surface area contributed by atoms with E-state index < -0.39 is 0 Å². The highest BCUT2D eigenvalue weighted by molar-refractivity contribution is 14.0. The summed E-state index contributed by atoms with van der Waals surface area (Å²) in [5.41, 5.74) is 1.01. The third-order valence-electron chi connectivity index (χ3n) is 4.26. The van der Waals surface area contributed by atoms with Crippen LogP contribution in [-0.2, 0) is 17.7 Å². The van der Waals surface area contributed by atoms with Crippen LogP contribution < -0.4 is 10.6 Å². The van der Waals surface area contributed by atoms with Crippen molar-refractivity contribution in [2.24, 2.45) is 4.99 Å². The Morgan fingerprint density at radius 1 is 1.28 bits per heavy atom. The average Bonchev–Trinajstić information content (AvgIpc) is 3.06. The second kappa shape index (κ2) is 11.0. The molecule has 2 rings (SSSR count). The molecule has 0 atom stereocenters. The van der Waals surface area contributed by atoms with Crippen molar-refractivity contribution in [2.75, 3.05) is 39.4 Å². The van der Waals surface area contributed by atoms with Crippen LogP contribution in [0, 0.1) is 0 Å². The molecule has 1 aliphatic heterocycles. The van der Waals surface area contributed by atoms with Crippen molar-refractivity contribution < 1.29 is 9.26 Å². The fourth-order valence-electron chi connectivity index (χ4n) is 2.68. The molecule has 144 valence electrons. The lowest BCUT2D eigenvalue weighted by molar-refractivity contribution is -0.00834. The number of aromatic nitrogens is 1. The highest BCUT2D eigenvalue weighted by atomic mass is 127. The Morgan fingerprint density at radius 2 is 2.00 bits per heavy atom. The first-order chi connectivity index (χ1) is 11.5. The predicted octanol–water partition coefficient (Wildman–Crippen LogP) is 2.02. The van der Waals surface area contributed by atoms with Gasteiger partial charge in [0, 0.05) is 37.8 Å². The van der Waals surface area contributed by atoms with E-state index in [2.05, 4.69) is 53.4 Å². The van der Waals surface area contributed by atoms with Crippen molar-refractivity contribution in [2.45, 2.75) is 46.2 Å². The molecule has 0 unspecified atom stereocenters. The highest BCUT2D eigenvalue weighted by Crippen LogP contribution is 2.15. The molecule has 7 nitrogen and oxygen atoms in total. The maximum atomic E-state index is 5.44. The monoisotopic (exact) mass is 465 g/mol. The van der Waals surface area contributed by atoms with Gasteiger partial charge in [0.25, 0.3) is 0 Å². The van der Waals surface area contributed by atoms with Gasteiger partial charge in [0.15, 0.2) is 11.7 Å². The number of halogens is 1. The summed E-state index contributed by atoms with van der Waals surface area (Å²) >= 11 is 0. The maximum Gasteiger partial charge on any atom is 0.191 e. The van der Waals surface area contributed by atoms with E-state index in [0.717, 1.165) is 63.2 Å². The molecule has 25 heavy (non-hydrogen) atoms. The van der Waals surface area contributed by atoms with Gasteiger partial charge in [0.1, 0.15) is 6.54 Å². The molecule has 0 radical (unpaired) electrons. The zero-order valence-electron chi connectivity index (χ0n) is 15.8. The number of rotatable bonds is 7. The smallest absolute Gasteiger partial charge is 0.191 e. The lowest BCUT2D eigenvalue weighted by Crippen LogP contribution is -2.56. The molecule has 8 heteroatoms. The summed E-state index contributed by atoms with van der Waals surface area (Å²) in [4.78, 5) is 7.05. The molecule has 0 bridgehead atoms. The summed E-state index contributed by atoms with van der Waals surface area (Å²) in [5.74, 6) is 1.59. The highest BCUT2D eigenvalue weighted by Gasteiger charge is 2.28. The number of aliphatic imine (C=N–C) groups is 1. The molecule has 1 aromatic rings. The topological polar surface area (TPSA) is 74.9 Å². The summed E-state index contributed by atoms with van der Waals surface area (Å²) in [6.45, 7) is 14.3. The molecule has 0 aromatic carbocycles. The van der Waals surface area contributed by atoms with Crippen molar-refractivity contribution in [3.8, 4) is 0 Å².